The minimum atomic E-state index is -0.746. The Morgan fingerprint density at radius 3 is 2.05 bits per heavy atom. The van der Waals surface area contributed by atoms with Gasteiger partial charge in [0.25, 0.3) is 0 Å². The van der Waals surface area contributed by atoms with Gasteiger partial charge < -0.3 is 15.2 Å². The molecule has 0 radical (unpaired) electrons. The number of hydrogen-bond acceptors (Lipinski definition) is 3. The third-order valence-corrected chi connectivity index (χ3v) is 2.77. The van der Waals surface area contributed by atoms with E-state index in [9.17, 15) is 8.78 Å². The SMILES string of the molecule is COc1ccc(Oc2c(F)cc(CCN)cc2F)cc1. The summed E-state index contributed by atoms with van der Waals surface area (Å²) in [6, 6.07) is 8.91. The molecule has 2 aromatic rings. The van der Waals surface area contributed by atoms with Crippen LogP contribution in [0.3, 0.4) is 0 Å². The van der Waals surface area contributed by atoms with Gasteiger partial charge in [-0.15, -0.1) is 0 Å². The smallest absolute Gasteiger partial charge is 0.198 e. The van der Waals surface area contributed by atoms with Gasteiger partial charge in [0.2, 0.25) is 0 Å². The van der Waals surface area contributed by atoms with Gasteiger partial charge in [-0.2, -0.15) is 0 Å². The summed E-state index contributed by atoms with van der Waals surface area (Å²) in [5.74, 6) is -0.948. The first-order valence-electron chi connectivity index (χ1n) is 6.14. The van der Waals surface area contributed by atoms with Gasteiger partial charge in [-0.3, -0.25) is 0 Å². The predicted molar refractivity (Wildman–Crippen MR) is 72.2 cm³/mol. The van der Waals surface area contributed by atoms with Gasteiger partial charge in [0.05, 0.1) is 7.11 Å². The Balaban J connectivity index is 2.23. The third-order valence-electron chi connectivity index (χ3n) is 2.77. The maximum absolute atomic E-state index is 13.8. The van der Waals surface area contributed by atoms with Crippen LogP contribution in [0.1, 0.15) is 5.56 Å². The average molecular weight is 279 g/mol. The topological polar surface area (TPSA) is 44.5 Å². The molecule has 0 aromatic heterocycles. The van der Waals surface area contributed by atoms with Gasteiger partial charge in [-0.05, 0) is 54.9 Å². The molecule has 0 amide bonds. The summed E-state index contributed by atoms with van der Waals surface area (Å²) in [4.78, 5) is 0. The number of benzene rings is 2. The van der Waals surface area contributed by atoms with E-state index < -0.39 is 17.4 Å². The summed E-state index contributed by atoms with van der Waals surface area (Å²) >= 11 is 0. The molecule has 0 saturated heterocycles. The van der Waals surface area contributed by atoms with E-state index in [0.717, 1.165) is 0 Å². The van der Waals surface area contributed by atoms with Crippen LogP contribution in [0.2, 0.25) is 0 Å². The van der Waals surface area contributed by atoms with Crippen LogP contribution in [0.4, 0.5) is 8.78 Å². The zero-order chi connectivity index (χ0) is 14.5. The van der Waals surface area contributed by atoms with Crippen LogP contribution in [0, 0.1) is 11.6 Å². The van der Waals surface area contributed by atoms with Crippen LogP contribution in [0.5, 0.6) is 17.2 Å². The molecule has 0 aliphatic heterocycles. The summed E-state index contributed by atoms with van der Waals surface area (Å²) < 4.78 is 37.9. The molecule has 3 nitrogen and oxygen atoms in total. The lowest BCUT2D eigenvalue weighted by Crippen LogP contribution is -2.04. The highest BCUT2D eigenvalue weighted by atomic mass is 19.1. The zero-order valence-corrected chi connectivity index (χ0v) is 11.0. The van der Waals surface area contributed by atoms with Gasteiger partial charge in [0.1, 0.15) is 11.5 Å². The molecule has 2 N–H and O–H groups in total. The van der Waals surface area contributed by atoms with Gasteiger partial charge in [0.15, 0.2) is 17.4 Å². The van der Waals surface area contributed by atoms with Crippen molar-refractivity contribution in [2.24, 2.45) is 5.73 Å². The van der Waals surface area contributed by atoms with E-state index in [-0.39, 0.29) is 0 Å². The lowest BCUT2D eigenvalue weighted by molar-refractivity contribution is 0.400. The molecule has 5 heteroatoms. The largest absolute Gasteiger partial charge is 0.497 e. The molecule has 0 unspecified atom stereocenters. The molecule has 2 aromatic carbocycles. The quantitative estimate of drug-likeness (QED) is 0.913. The second kappa shape index (κ2) is 6.34. The van der Waals surface area contributed by atoms with Gasteiger partial charge in [-0.1, -0.05) is 0 Å². The summed E-state index contributed by atoms with van der Waals surface area (Å²) in [5, 5.41) is 0. The minimum absolute atomic E-state index is 0.329. The Morgan fingerprint density at radius 1 is 1.00 bits per heavy atom. The van der Waals surface area contributed by atoms with E-state index >= 15 is 0 Å². The molecule has 0 saturated carbocycles. The number of rotatable bonds is 5. The van der Waals surface area contributed by atoms with Crippen LogP contribution >= 0.6 is 0 Å². The van der Waals surface area contributed by atoms with Crippen LogP contribution < -0.4 is 15.2 Å². The van der Waals surface area contributed by atoms with Gasteiger partial charge in [-0.25, -0.2) is 8.78 Å². The van der Waals surface area contributed by atoms with Crippen molar-refractivity contribution in [3.8, 4) is 17.2 Å². The molecule has 0 fully saturated rings. The molecular weight excluding hydrogens is 264 g/mol. The van der Waals surface area contributed by atoms with Crippen molar-refractivity contribution in [1.82, 2.24) is 0 Å². The first-order chi connectivity index (χ1) is 9.63. The lowest BCUT2D eigenvalue weighted by atomic mass is 10.1. The lowest BCUT2D eigenvalue weighted by Gasteiger charge is -2.10. The molecule has 0 aliphatic carbocycles. The third kappa shape index (κ3) is 3.24. The molecule has 0 heterocycles. The molecule has 2 rings (SSSR count). The van der Waals surface area contributed by atoms with Crippen LogP contribution in [0.15, 0.2) is 36.4 Å². The highest BCUT2D eigenvalue weighted by Gasteiger charge is 2.13. The van der Waals surface area contributed by atoms with E-state index in [4.69, 9.17) is 15.2 Å². The van der Waals surface area contributed by atoms with Crippen molar-refractivity contribution in [3.05, 3.63) is 53.6 Å². The summed E-state index contributed by atoms with van der Waals surface area (Å²) in [6.45, 7) is 0.331. The van der Waals surface area contributed by atoms with Crippen LogP contribution in [-0.2, 0) is 6.42 Å². The Morgan fingerprint density at radius 2 is 1.55 bits per heavy atom. The number of methoxy groups -OCH3 is 1. The van der Waals surface area contributed by atoms with Crippen molar-refractivity contribution < 1.29 is 18.3 Å². The second-order valence-corrected chi connectivity index (χ2v) is 4.20. The van der Waals surface area contributed by atoms with Gasteiger partial charge >= 0.3 is 0 Å². The molecule has 0 bridgehead atoms. The van der Waals surface area contributed by atoms with E-state index in [1.807, 2.05) is 0 Å². The summed E-state index contributed by atoms with van der Waals surface area (Å²) in [7, 11) is 1.53. The molecular formula is C15H15F2NO2. The second-order valence-electron chi connectivity index (χ2n) is 4.20. The Labute approximate surface area is 115 Å². The van der Waals surface area contributed by atoms with E-state index in [1.165, 1.54) is 19.2 Å². The number of hydrogen-bond donors (Lipinski definition) is 1. The predicted octanol–water partition coefficient (Wildman–Crippen LogP) is 3.27. The molecule has 20 heavy (non-hydrogen) atoms. The average Bonchev–Trinajstić information content (AvgIpc) is 2.44. The van der Waals surface area contributed by atoms with E-state index in [0.29, 0.717) is 30.0 Å². The number of ether oxygens (including phenoxy) is 2. The van der Waals surface area contributed by atoms with E-state index in [2.05, 4.69) is 0 Å². The maximum Gasteiger partial charge on any atom is 0.198 e. The first kappa shape index (κ1) is 14.3. The van der Waals surface area contributed by atoms with Crippen molar-refractivity contribution in [1.29, 1.82) is 0 Å². The number of halogens is 2. The fraction of sp³-hybridized carbons (Fsp3) is 0.200. The highest BCUT2D eigenvalue weighted by Crippen LogP contribution is 2.29. The Kier molecular flexibility index (Phi) is 4.53. The number of nitrogens with two attached hydrogens (primary N) is 1. The fourth-order valence-electron chi connectivity index (χ4n) is 1.78. The van der Waals surface area contributed by atoms with Crippen molar-refractivity contribution in [2.75, 3.05) is 13.7 Å². The van der Waals surface area contributed by atoms with Crippen molar-refractivity contribution in [3.63, 3.8) is 0 Å². The van der Waals surface area contributed by atoms with Crippen LogP contribution in [-0.4, -0.2) is 13.7 Å². The van der Waals surface area contributed by atoms with E-state index in [1.54, 1.807) is 24.3 Å². The molecule has 0 aliphatic rings. The van der Waals surface area contributed by atoms with Crippen molar-refractivity contribution >= 4 is 0 Å². The summed E-state index contributed by atoms with van der Waals surface area (Å²) in [5.41, 5.74) is 5.87. The van der Waals surface area contributed by atoms with Crippen LogP contribution in [0.25, 0.3) is 0 Å². The van der Waals surface area contributed by atoms with Crippen molar-refractivity contribution in [2.45, 2.75) is 6.42 Å². The monoisotopic (exact) mass is 279 g/mol. The highest BCUT2D eigenvalue weighted by molar-refractivity contribution is 5.38. The molecule has 0 spiro atoms. The van der Waals surface area contributed by atoms with Gasteiger partial charge in [0, 0.05) is 0 Å². The maximum atomic E-state index is 13.8. The summed E-state index contributed by atoms with van der Waals surface area (Å²) in [6.07, 6.45) is 0.413. The minimum Gasteiger partial charge on any atom is -0.497 e. The standard InChI is InChI=1S/C15H15F2NO2/c1-19-11-2-4-12(5-3-11)20-15-13(16)8-10(6-7-18)9-14(15)17/h2-5,8-9H,6-7,18H2,1H3. The molecule has 106 valence electrons. The normalized spacial score (nSPS) is 10.4. The zero-order valence-electron chi connectivity index (χ0n) is 11.0. The fourth-order valence-corrected chi connectivity index (χ4v) is 1.78. The first-order valence-corrected chi connectivity index (χ1v) is 6.14. The molecule has 0 atom stereocenters. The Hall–Kier alpha value is -2.14. The Bertz CT molecular complexity index is 562.